The highest BCUT2D eigenvalue weighted by Gasteiger charge is 1.86. The van der Waals surface area contributed by atoms with Gasteiger partial charge in [-0.3, -0.25) is 5.43 Å². The minimum Gasteiger partial charge on any atom is -0.279 e. The zero-order valence-corrected chi connectivity index (χ0v) is 6.83. The Labute approximate surface area is 66.9 Å². The molecule has 58 valence electrons. The van der Waals surface area contributed by atoms with E-state index in [2.05, 4.69) is 17.5 Å². The first-order chi connectivity index (χ1) is 5.33. The van der Waals surface area contributed by atoms with Crippen molar-refractivity contribution in [1.29, 1.82) is 0 Å². The summed E-state index contributed by atoms with van der Waals surface area (Å²) >= 11 is 0. The van der Waals surface area contributed by atoms with Crippen LogP contribution in [0.1, 0.15) is 12.5 Å². The fourth-order valence-electron chi connectivity index (χ4n) is 0.767. The average molecular weight is 148 g/mol. The van der Waals surface area contributed by atoms with Crippen molar-refractivity contribution in [2.75, 3.05) is 5.43 Å². The maximum Gasteiger partial charge on any atom is 0.0561 e. The molecule has 2 heteroatoms. The van der Waals surface area contributed by atoms with Crippen molar-refractivity contribution in [2.45, 2.75) is 13.8 Å². The zero-order chi connectivity index (χ0) is 8.10. The molecule has 0 amide bonds. The van der Waals surface area contributed by atoms with Crippen molar-refractivity contribution >= 4 is 11.9 Å². The smallest absolute Gasteiger partial charge is 0.0561 e. The van der Waals surface area contributed by atoms with Gasteiger partial charge in [-0.15, -0.1) is 0 Å². The van der Waals surface area contributed by atoms with Gasteiger partial charge in [0.25, 0.3) is 0 Å². The third-order valence-electron chi connectivity index (χ3n) is 1.37. The highest BCUT2D eigenvalue weighted by atomic mass is 15.3. The van der Waals surface area contributed by atoms with Gasteiger partial charge in [-0.05, 0) is 26.0 Å². The predicted molar refractivity (Wildman–Crippen MR) is 49.0 cm³/mol. The van der Waals surface area contributed by atoms with Crippen LogP contribution in [0.2, 0.25) is 0 Å². The predicted octanol–water partition coefficient (Wildman–Crippen LogP) is 2.41. The second-order valence-corrected chi connectivity index (χ2v) is 2.37. The van der Waals surface area contributed by atoms with Crippen LogP contribution in [0.15, 0.2) is 29.4 Å². The number of nitrogens with zero attached hydrogens (tertiary/aromatic N) is 1. The van der Waals surface area contributed by atoms with E-state index < -0.39 is 0 Å². The zero-order valence-electron chi connectivity index (χ0n) is 6.83. The molecule has 0 fully saturated rings. The summed E-state index contributed by atoms with van der Waals surface area (Å²) in [5.41, 5.74) is 5.17. The van der Waals surface area contributed by atoms with Crippen LogP contribution in [-0.4, -0.2) is 6.21 Å². The molecule has 1 aromatic rings. The molecule has 0 aliphatic rings. The molecule has 0 saturated carbocycles. The Morgan fingerprint density at radius 3 is 2.45 bits per heavy atom. The van der Waals surface area contributed by atoms with Crippen LogP contribution >= 0.6 is 0 Å². The molecule has 0 saturated heterocycles. The molecule has 0 spiro atoms. The Morgan fingerprint density at radius 1 is 1.27 bits per heavy atom. The lowest BCUT2D eigenvalue weighted by Crippen LogP contribution is -1.86. The molecule has 0 aliphatic carbocycles. The fraction of sp³-hybridized carbons (Fsp3) is 0.222. The van der Waals surface area contributed by atoms with E-state index in [1.54, 1.807) is 6.21 Å². The van der Waals surface area contributed by atoms with Gasteiger partial charge in [0.2, 0.25) is 0 Å². The lowest BCUT2D eigenvalue weighted by Gasteiger charge is -1.98. The summed E-state index contributed by atoms with van der Waals surface area (Å²) < 4.78 is 0. The summed E-state index contributed by atoms with van der Waals surface area (Å²) in [5.74, 6) is 0. The lowest BCUT2D eigenvalue weighted by molar-refractivity contribution is 1.33. The van der Waals surface area contributed by atoms with Crippen molar-refractivity contribution < 1.29 is 0 Å². The summed E-state index contributed by atoms with van der Waals surface area (Å²) in [4.78, 5) is 0. The second kappa shape index (κ2) is 3.76. The first kappa shape index (κ1) is 7.79. The Kier molecular flexibility index (Phi) is 2.66. The Balaban J connectivity index is 2.66. The SMILES string of the molecule is C/C=N/Nc1ccc(C)cc1. The Hall–Kier alpha value is -1.31. The van der Waals surface area contributed by atoms with Crippen LogP contribution in [0, 0.1) is 6.92 Å². The molecule has 0 aromatic heterocycles. The average Bonchev–Trinajstić information content (AvgIpc) is 2.04. The molecular weight excluding hydrogens is 136 g/mol. The molecule has 1 rings (SSSR count). The highest BCUT2D eigenvalue weighted by Crippen LogP contribution is 2.07. The molecule has 0 atom stereocenters. The molecule has 1 aromatic carbocycles. The second-order valence-electron chi connectivity index (χ2n) is 2.37. The van der Waals surface area contributed by atoms with Gasteiger partial charge in [0.1, 0.15) is 0 Å². The van der Waals surface area contributed by atoms with E-state index in [1.807, 2.05) is 31.2 Å². The molecule has 0 radical (unpaired) electrons. The summed E-state index contributed by atoms with van der Waals surface area (Å²) in [7, 11) is 0. The topological polar surface area (TPSA) is 24.4 Å². The molecule has 0 bridgehead atoms. The van der Waals surface area contributed by atoms with E-state index in [0.717, 1.165) is 5.69 Å². The van der Waals surface area contributed by atoms with E-state index in [-0.39, 0.29) is 0 Å². The molecule has 0 unspecified atom stereocenters. The van der Waals surface area contributed by atoms with Crippen molar-refractivity contribution in [3.05, 3.63) is 29.8 Å². The minimum atomic E-state index is 1.02. The van der Waals surface area contributed by atoms with Gasteiger partial charge < -0.3 is 0 Å². The first-order valence-corrected chi connectivity index (χ1v) is 3.63. The summed E-state index contributed by atoms with van der Waals surface area (Å²) in [6.45, 7) is 3.94. The summed E-state index contributed by atoms with van der Waals surface area (Å²) in [6.07, 6.45) is 1.72. The van der Waals surface area contributed by atoms with Crippen LogP contribution in [-0.2, 0) is 0 Å². The van der Waals surface area contributed by atoms with E-state index in [0.29, 0.717) is 0 Å². The summed E-state index contributed by atoms with van der Waals surface area (Å²) in [6, 6.07) is 8.10. The van der Waals surface area contributed by atoms with Crippen molar-refractivity contribution in [3.63, 3.8) is 0 Å². The fourth-order valence-corrected chi connectivity index (χ4v) is 0.767. The van der Waals surface area contributed by atoms with Gasteiger partial charge in [-0.2, -0.15) is 5.10 Å². The number of rotatable bonds is 2. The van der Waals surface area contributed by atoms with Crippen LogP contribution in [0.25, 0.3) is 0 Å². The van der Waals surface area contributed by atoms with Gasteiger partial charge in [0, 0.05) is 6.21 Å². The quantitative estimate of drug-likeness (QED) is 0.505. The minimum absolute atomic E-state index is 1.02. The Morgan fingerprint density at radius 2 is 1.91 bits per heavy atom. The van der Waals surface area contributed by atoms with Gasteiger partial charge in [0.05, 0.1) is 5.69 Å². The maximum absolute atomic E-state index is 3.90. The molecule has 1 N–H and O–H groups in total. The van der Waals surface area contributed by atoms with Gasteiger partial charge >= 0.3 is 0 Å². The van der Waals surface area contributed by atoms with E-state index in [1.165, 1.54) is 5.56 Å². The number of anilines is 1. The van der Waals surface area contributed by atoms with Gasteiger partial charge in [-0.1, -0.05) is 17.7 Å². The van der Waals surface area contributed by atoms with Crippen LogP contribution in [0.4, 0.5) is 5.69 Å². The number of hydrazone groups is 1. The normalized spacial score (nSPS) is 10.4. The first-order valence-electron chi connectivity index (χ1n) is 3.63. The van der Waals surface area contributed by atoms with E-state index in [9.17, 15) is 0 Å². The van der Waals surface area contributed by atoms with Crippen LogP contribution < -0.4 is 5.43 Å². The number of benzene rings is 1. The molecular formula is C9H12N2. The number of hydrogen-bond donors (Lipinski definition) is 1. The highest BCUT2D eigenvalue weighted by molar-refractivity contribution is 5.56. The monoisotopic (exact) mass is 148 g/mol. The number of nitrogens with one attached hydrogen (secondary N) is 1. The van der Waals surface area contributed by atoms with Crippen molar-refractivity contribution in [2.24, 2.45) is 5.10 Å². The third-order valence-corrected chi connectivity index (χ3v) is 1.37. The lowest BCUT2D eigenvalue weighted by atomic mass is 10.2. The van der Waals surface area contributed by atoms with Gasteiger partial charge in [0.15, 0.2) is 0 Å². The van der Waals surface area contributed by atoms with Crippen LogP contribution in [0.5, 0.6) is 0 Å². The summed E-state index contributed by atoms with van der Waals surface area (Å²) in [5, 5.41) is 3.90. The van der Waals surface area contributed by atoms with E-state index in [4.69, 9.17) is 0 Å². The molecule has 2 nitrogen and oxygen atoms in total. The van der Waals surface area contributed by atoms with Crippen molar-refractivity contribution in [3.8, 4) is 0 Å². The standard InChI is InChI=1S/C9H12N2/c1-3-10-11-9-6-4-8(2)5-7-9/h3-7,11H,1-2H3/b10-3+. The van der Waals surface area contributed by atoms with E-state index >= 15 is 0 Å². The Bertz CT molecular complexity index is 236. The number of aryl methyl sites for hydroxylation is 1. The van der Waals surface area contributed by atoms with Crippen LogP contribution in [0.3, 0.4) is 0 Å². The number of hydrogen-bond acceptors (Lipinski definition) is 2. The third kappa shape index (κ3) is 2.42. The maximum atomic E-state index is 3.90. The van der Waals surface area contributed by atoms with Gasteiger partial charge in [-0.25, -0.2) is 0 Å². The molecule has 0 aliphatic heterocycles. The largest absolute Gasteiger partial charge is 0.279 e. The molecule has 0 heterocycles. The molecule has 11 heavy (non-hydrogen) atoms. The van der Waals surface area contributed by atoms with Crippen molar-refractivity contribution in [1.82, 2.24) is 0 Å².